The van der Waals surface area contributed by atoms with Crippen molar-refractivity contribution in [3.05, 3.63) is 41.6 Å². The topological polar surface area (TPSA) is 87.2 Å². The number of benzene rings is 1. The van der Waals surface area contributed by atoms with Crippen LogP contribution in [0.2, 0.25) is 0 Å². The van der Waals surface area contributed by atoms with Crippen molar-refractivity contribution < 1.29 is 19.1 Å². The van der Waals surface area contributed by atoms with Crippen molar-refractivity contribution in [2.75, 3.05) is 62.7 Å². The molecule has 2 aromatic rings. The van der Waals surface area contributed by atoms with Gasteiger partial charge in [-0.05, 0) is 94.3 Å². The number of carbonyl (C=O) groups is 2. The SMILES string of the molecule is Cc1ccc(NC(=O)N2CCCC2)cc1-c1cc(C2CCCN(C(=O)OC(C)(C)C)C2)nc(N2CCOCC2)c1. The van der Waals surface area contributed by atoms with Crippen molar-refractivity contribution in [2.45, 2.75) is 64.9 Å². The Morgan fingerprint density at radius 2 is 1.70 bits per heavy atom. The van der Waals surface area contributed by atoms with E-state index in [9.17, 15) is 9.59 Å². The van der Waals surface area contributed by atoms with Crippen molar-refractivity contribution in [3.63, 3.8) is 0 Å². The Kier molecular flexibility index (Phi) is 8.49. The fraction of sp³-hybridized carbons (Fsp3) is 0.581. The van der Waals surface area contributed by atoms with Gasteiger partial charge in [-0.2, -0.15) is 0 Å². The van der Waals surface area contributed by atoms with Gasteiger partial charge in [0.1, 0.15) is 11.4 Å². The second kappa shape index (κ2) is 12.0. The number of likely N-dealkylation sites (tertiary alicyclic amines) is 2. The number of nitrogens with zero attached hydrogens (tertiary/aromatic N) is 4. The molecule has 0 bridgehead atoms. The summed E-state index contributed by atoms with van der Waals surface area (Å²) in [5, 5.41) is 3.10. The van der Waals surface area contributed by atoms with Gasteiger partial charge in [0, 0.05) is 56.6 Å². The van der Waals surface area contributed by atoms with Gasteiger partial charge >= 0.3 is 12.1 Å². The van der Waals surface area contributed by atoms with E-state index >= 15 is 0 Å². The standard InChI is InChI=1S/C31H43N5O4/c1-22-9-10-25(32-29(37)35-11-5-6-12-35)20-26(22)24-18-27(33-28(19-24)34-14-16-39-17-15-34)23-8-7-13-36(21-23)30(38)40-31(2,3)4/h9-10,18-20,23H,5-8,11-17,21H2,1-4H3,(H,32,37). The Morgan fingerprint density at radius 3 is 2.42 bits per heavy atom. The number of ether oxygens (including phenoxy) is 2. The number of hydrogen-bond acceptors (Lipinski definition) is 6. The summed E-state index contributed by atoms with van der Waals surface area (Å²) in [7, 11) is 0. The summed E-state index contributed by atoms with van der Waals surface area (Å²) >= 11 is 0. The zero-order valence-corrected chi connectivity index (χ0v) is 24.4. The first-order valence-electron chi connectivity index (χ1n) is 14.7. The highest BCUT2D eigenvalue weighted by Gasteiger charge is 2.30. The molecular weight excluding hydrogens is 506 g/mol. The van der Waals surface area contributed by atoms with Gasteiger partial charge in [-0.3, -0.25) is 0 Å². The summed E-state index contributed by atoms with van der Waals surface area (Å²) in [6.45, 7) is 13.6. The number of nitrogens with one attached hydrogen (secondary N) is 1. The van der Waals surface area contributed by atoms with Crippen molar-refractivity contribution in [1.82, 2.24) is 14.8 Å². The highest BCUT2D eigenvalue weighted by molar-refractivity contribution is 5.90. The van der Waals surface area contributed by atoms with Crippen LogP contribution in [0.4, 0.5) is 21.1 Å². The van der Waals surface area contributed by atoms with Gasteiger partial charge in [0.15, 0.2) is 0 Å². The van der Waals surface area contributed by atoms with Crippen LogP contribution in [-0.4, -0.2) is 85.0 Å². The second-order valence-electron chi connectivity index (χ2n) is 12.2. The predicted molar refractivity (Wildman–Crippen MR) is 157 cm³/mol. The summed E-state index contributed by atoms with van der Waals surface area (Å²) in [5.74, 6) is 1.04. The molecule has 3 amide bonds. The smallest absolute Gasteiger partial charge is 0.410 e. The Labute approximate surface area is 237 Å². The minimum Gasteiger partial charge on any atom is -0.444 e. The number of aromatic nitrogens is 1. The summed E-state index contributed by atoms with van der Waals surface area (Å²) in [6, 6.07) is 10.4. The number of rotatable bonds is 4. The van der Waals surface area contributed by atoms with E-state index in [0.717, 1.165) is 85.8 Å². The molecule has 3 aliphatic rings. The van der Waals surface area contributed by atoms with Crippen LogP contribution in [0.25, 0.3) is 11.1 Å². The molecule has 1 unspecified atom stereocenters. The lowest BCUT2D eigenvalue weighted by molar-refractivity contribution is 0.0197. The van der Waals surface area contributed by atoms with E-state index in [1.807, 2.05) is 36.6 Å². The molecule has 3 fully saturated rings. The van der Waals surface area contributed by atoms with E-state index < -0.39 is 5.60 Å². The van der Waals surface area contributed by atoms with Crippen molar-refractivity contribution in [3.8, 4) is 11.1 Å². The number of morpholine rings is 1. The molecule has 1 atom stereocenters. The zero-order chi connectivity index (χ0) is 28.3. The number of urea groups is 1. The van der Waals surface area contributed by atoms with Crippen LogP contribution in [0, 0.1) is 6.92 Å². The first kappa shape index (κ1) is 28.2. The molecule has 3 aliphatic heterocycles. The highest BCUT2D eigenvalue weighted by Crippen LogP contribution is 2.35. The maximum atomic E-state index is 12.9. The van der Waals surface area contributed by atoms with E-state index in [2.05, 4.69) is 41.4 Å². The van der Waals surface area contributed by atoms with Crippen LogP contribution in [0.5, 0.6) is 0 Å². The van der Waals surface area contributed by atoms with E-state index in [1.165, 1.54) is 0 Å². The number of hydrogen-bond donors (Lipinski definition) is 1. The Morgan fingerprint density at radius 1 is 0.975 bits per heavy atom. The van der Waals surface area contributed by atoms with Gasteiger partial charge in [0.05, 0.1) is 13.2 Å². The summed E-state index contributed by atoms with van der Waals surface area (Å²) in [6.07, 6.45) is 3.72. The monoisotopic (exact) mass is 549 g/mol. The lowest BCUT2D eigenvalue weighted by Gasteiger charge is -2.35. The number of piperidine rings is 1. The minimum absolute atomic E-state index is 0.0406. The van der Waals surface area contributed by atoms with Gasteiger partial charge in [0.2, 0.25) is 0 Å². The fourth-order valence-electron chi connectivity index (χ4n) is 5.70. The van der Waals surface area contributed by atoms with Crippen LogP contribution < -0.4 is 10.2 Å². The second-order valence-corrected chi connectivity index (χ2v) is 12.2. The molecule has 4 heterocycles. The van der Waals surface area contributed by atoms with Gasteiger partial charge < -0.3 is 29.5 Å². The average Bonchev–Trinajstić information content (AvgIpc) is 3.49. The third-order valence-electron chi connectivity index (χ3n) is 7.85. The molecule has 0 radical (unpaired) electrons. The number of anilines is 2. The number of aryl methyl sites for hydroxylation is 1. The van der Waals surface area contributed by atoms with Crippen LogP contribution in [0.1, 0.15) is 63.6 Å². The highest BCUT2D eigenvalue weighted by atomic mass is 16.6. The lowest BCUT2D eigenvalue weighted by Crippen LogP contribution is -2.42. The van der Waals surface area contributed by atoms with Gasteiger partial charge in [0.25, 0.3) is 0 Å². The fourth-order valence-corrected chi connectivity index (χ4v) is 5.70. The number of pyridine rings is 1. The van der Waals surface area contributed by atoms with E-state index in [4.69, 9.17) is 14.5 Å². The number of amides is 3. The largest absolute Gasteiger partial charge is 0.444 e. The molecular formula is C31H43N5O4. The van der Waals surface area contributed by atoms with Gasteiger partial charge in [-0.1, -0.05) is 6.07 Å². The Hall–Kier alpha value is -3.33. The maximum Gasteiger partial charge on any atom is 0.410 e. The summed E-state index contributed by atoms with van der Waals surface area (Å²) < 4.78 is 11.3. The summed E-state index contributed by atoms with van der Waals surface area (Å²) in [4.78, 5) is 36.8. The minimum atomic E-state index is -0.529. The van der Waals surface area contributed by atoms with Crippen LogP contribution in [0.3, 0.4) is 0 Å². The van der Waals surface area contributed by atoms with Crippen LogP contribution in [-0.2, 0) is 9.47 Å². The normalized spacial score (nSPS) is 20.0. The molecule has 216 valence electrons. The zero-order valence-electron chi connectivity index (χ0n) is 24.4. The molecule has 9 heteroatoms. The molecule has 1 aromatic carbocycles. The predicted octanol–water partition coefficient (Wildman–Crippen LogP) is 5.64. The Bertz CT molecular complexity index is 1210. The molecule has 0 spiro atoms. The van der Waals surface area contributed by atoms with Crippen molar-refractivity contribution in [2.24, 2.45) is 0 Å². The molecule has 1 aromatic heterocycles. The molecule has 5 rings (SSSR count). The number of carbonyl (C=O) groups excluding carboxylic acids is 2. The molecule has 0 aliphatic carbocycles. The quantitative estimate of drug-likeness (QED) is 0.532. The first-order valence-corrected chi connectivity index (χ1v) is 14.7. The van der Waals surface area contributed by atoms with Gasteiger partial charge in [-0.15, -0.1) is 0 Å². The molecule has 3 saturated heterocycles. The van der Waals surface area contributed by atoms with Gasteiger partial charge in [-0.25, -0.2) is 14.6 Å². The van der Waals surface area contributed by atoms with E-state index in [1.54, 1.807) is 0 Å². The molecule has 9 nitrogen and oxygen atoms in total. The van der Waals surface area contributed by atoms with E-state index in [0.29, 0.717) is 26.3 Å². The lowest BCUT2D eigenvalue weighted by atomic mass is 9.91. The van der Waals surface area contributed by atoms with Crippen LogP contribution >= 0.6 is 0 Å². The van der Waals surface area contributed by atoms with Crippen LogP contribution in [0.15, 0.2) is 30.3 Å². The van der Waals surface area contributed by atoms with Crippen molar-refractivity contribution >= 4 is 23.6 Å². The average molecular weight is 550 g/mol. The van der Waals surface area contributed by atoms with Crippen molar-refractivity contribution in [1.29, 1.82) is 0 Å². The Balaban J connectivity index is 1.45. The summed E-state index contributed by atoms with van der Waals surface area (Å²) in [5.41, 5.74) is 4.50. The third kappa shape index (κ3) is 6.86. The molecule has 1 N–H and O–H groups in total. The molecule has 0 saturated carbocycles. The van der Waals surface area contributed by atoms with E-state index in [-0.39, 0.29) is 18.0 Å². The molecule has 40 heavy (non-hydrogen) atoms. The first-order chi connectivity index (χ1) is 19.2. The maximum absolute atomic E-state index is 12.9. The third-order valence-corrected chi connectivity index (χ3v) is 7.85.